The zero-order valence-electron chi connectivity index (χ0n) is 19.2. The number of benzene rings is 3. The maximum absolute atomic E-state index is 13.5. The molecule has 178 valence electrons. The number of carbonyl (C=O) groups excluding carboxylic acids is 1. The summed E-state index contributed by atoms with van der Waals surface area (Å²) in [6.07, 6.45) is 0. The first-order chi connectivity index (χ1) is 16.8. The number of sulfone groups is 1. The fourth-order valence-corrected chi connectivity index (χ4v) is 6.12. The molecule has 0 bridgehead atoms. The zero-order valence-corrected chi connectivity index (χ0v) is 20.0. The van der Waals surface area contributed by atoms with Crippen molar-refractivity contribution in [2.45, 2.75) is 12.3 Å². The minimum atomic E-state index is -3.88. The van der Waals surface area contributed by atoms with Crippen molar-refractivity contribution in [3.8, 4) is 17.2 Å². The maximum Gasteiger partial charge on any atom is 0.295 e. The lowest BCUT2D eigenvalue weighted by molar-refractivity contribution is -0.115. The number of amides is 1. The molecule has 1 aromatic heterocycles. The highest BCUT2D eigenvalue weighted by atomic mass is 32.2. The molecule has 1 aliphatic heterocycles. The van der Waals surface area contributed by atoms with E-state index >= 15 is 0 Å². The number of nitrogens with zero attached hydrogens (tertiary/aromatic N) is 3. The molecule has 0 aliphatic carbocycles. The molecule has 2 heterocycles. The first kappa shape index (κ1) is 22.7. The zero-order chi connectivity index (χ0) is 24.7. The van der Waals surface area contributed by atoms with Gasteiger partial charge in [-0.1, -0.05) is 48.5 Å². The molecule has 5 rings (SSSR count). The highest BCUT2D eigenvalue weighted by Crippen LogP contribution is 2.38. The Balaban J connectivity index is 1.57. The van der Waals surface area contributed by atoms with Crippen molar-refractivity contribution in [1.82, 2.24) is 9.36 Å². The molecule has 0 radical (unpaired) electrons. The van der Waals surface area contributed by atoms with E-state index in [1.165, 1.54) is 4.68 Å². The highest BCUT2D eigenvalue weighted by Gasteiger charge is 2.48. The number of rotatable bonds is 5. The SMILES string of the molecule is Cc1c(N2C(=O)CS(=O)(=O)[C@@H]2c2ccc(Oc3ccccc3)cc2)c(=O)n(-c2ccccc2)n1C. The van der Waals surface area contributed by atoms with Crippen LogP contribution < -0.4 is 15.2 Å². The summed E-state index contributed by atoms with van der Waals surface area (Å²) in [4.78, 5) is 27.7. The normalized spacial score (nSPS) is 17.0. The van der Waals surface area contributed by atoms with E-state index in [0.29, 0.717) is 28.4 Å². The monoisotopic (exact) mass is 489 g/mol. The Hall–Kier alpha value is -4.11. The van der Waals surface area contributed by atoms with E-state index in [1.54, 1.807) is 67.2 Å². The molecule has 35 heavy (non-hydrogen) atoms. The second-order valence-corrected chi connectivity index (χ2v) is 10.4. The van der Waals surface area contributed by atoms with Crippen molar-refractivity contribution in [3.63, 3.8) is 0 Å². The largest absolute Gasteiger partial charge is 0.457 e. The van der Waals surface area contributed by atoms with Crippen LogP contribution in [0.4, 0.5) is 5.69 Å². The van der Waals surface area contributed by atoms with Crippen LogP contribution in [0.15, 0.2) is 89.7 Å². The van der Waals surface area contributed by atoms with Crippen LogP contribution in [0.3, 0.4) is 0 Å². The number of carbonyl (C=O) groups is 1. The van der Waals surface area contributed by atoms with Gasteiger partial charge < -0.3 is 4.74 Å². The van der Waals surface area contributed by atoms with Gasteiger partial charge in [-0.15, -0.1) is 0 Å². The Morgan fingerprint density at radius 3 is 2.03 bits per heavy atom. The molecule has 3 aromatic carbocycles. The van der Waals surface area contributed by atoms with Crippen molar-refractivity contribution in [2.24, 2.45) is 7.05 Å². The van der Waals surface area contributed by atoms with Gasteiger partial charge >= 0.3 is 0 Å². The molecule has 0 saturated carbocycles. The van der Waals surface area contributed by atoms with Crippen LogP contribution in [0.25, 0.3) is 5.69 Å². The third-order valence-corrected chi connectivity index (χ3v) is 7.89. The van der Waals surface area contributed by atoms with E-state index in [0.717, 1.165) is 4.90 Å². The van der Waals surface area contributed by atoms with Gasteiger partial charge in [0.1, 0.15) is 22.9 Å². The minimum Gasteiger partial charge on any atom is -0.457 e. The van der Waals surface area contributed by atoms with Crippen LogP contribution in [-0.2, 0) is 21.7 Å². The number of aromatic nitrogens is 2. The first-order valence-electron chi connectivity index (χ1n) is 11.0. The van der Waals surface area contributed by atoms with Gasteiger partial charge in [0.25, 0.3) is 5.56 Å². The summed E-state index contributed by atoms with van der Waals surface area (Å²) < 4.78 is 35.1. The highest BCUT2D eigenvalue weighted by molar-refractivity contribution is 7.93. The first-order valence-corrected chi connectivity index (χ1v) is 12.7. The predicted molar refractivity (Wildman–Crippen MR) is 133 cm³/mol. The summed E-state index contributed by atoms with van der Waals surface area (Å²) in [5, 5.41) is -1.31. The number of para-hydroxylation sites is 2. The molecular weight excluding hydrogens is 466 g/mol. The Labute approximate surface area is 202 Å². The standard InChI is InChI=1S/C26H23N3O5S/c1-18-24(25(31)29(27(18)2)20-9-5-3-6-10-20)28-23(30)17-35(32,33)26(28)19-13-15-22(16-14-19)34-21-11-7-4-8-12-21/h3-16,26H,17H2,1-2H3/t26-/m1/s1. The van der Waals surface area contributed by atoms with Gasteiger partial charge in [0.05, 0.1) is 11.4 Å². The van der Waals surface area contributed by atoms with Gasteiger partial charge in [-0.05, 0) is 48.9 Å². The molecular formula is C26H23N3O5S. The van der Waals surface area contributed by atoms with Crippen LogP contribution in [0, 0.1) is 6.92 Å². The summed E-state index contributed by atoms with van der Waals surface area (Å²) in [5.41, 5.74) is 1.07. The Morgan fingerprint density at radius 2 is 1.40 bits per heavy atom. The lowest BCUT2D eigenvalue weighted by Crippen LogP contribution is -2.34. The van der Waals surface area contributed by atoms with Crippen LogP contribution in [0.2, 0.25) is 0 Å². The van der Waals surface area contributed by atoms with Crippen molar-refractivity contribution in [1.29, 1.82) is 0 Å². The molecule has 1 atom stereocenters. The summed E-state index contributed by atoms with van der Waals surface area (Å²) >= 11 is 0. The lowest BCUT2D eigenvalue weighted by atomic mass is 10.2. The third-order valence-electron chi connectivity index (χ3n) is 6.08. The lowest BCUT2D eigenvalue weighted by Gasteiger charge is -2.23. The van der Waals surface area contributed by atoms with E-state index < -0.39 is 32.4 Å². The second kappa shape index (κ2) is 8.59. The summed E-state index contributed by atoms with van der Waals surface area (Å²) in [6.45, 7) is 1.70. The smallest absolute Gasteiger partial charge is 0.295 e. The van der Waals surface area contributed by atoms with E-state index in [1.807, 2.05) is 36.4 Å². The van der Waals surface area contributed by atoms with E-state index in [2.05, 4.69) is 0 Å². The van der Waals surface area contributed by atoms with Crippen molar-refractivity contribution in [3.05, 3.63) is 107 Å². The molecule has 9 heteroatoms. The number of anilines is 1. The molecule has 1 saturated heterocycles. The summed E-state index contributed by atoms with van der Waals surface area (Å²) in [6, 6.07) is 24.7. The molecule has 0 unspecified atom stereocenters. The van der Waals surface area contributed by atoms with Gasteiger partial charge in [-0.25, -0.2) is 13.1 Å². The van der Waals surface area contributed by atoms with Crippen LogP contribution in [0.5, 0.6) is 11.5 Å². The molecule has 0 spiro atoms. The number of hydrogen-bond donors (Lipinski definition) is 0. The van der Waals surface area contributed by atoms with Crippen LogP contribution >= 0.6 is 0 Å². The fourth-order valence-electron chi connectivity index (χ4n) is 4.37. The molecule has 4 aromatic rings. The molecule has 1 fully saturated rings. The van der Waals surface area contributed by atoms with Gasteiger partial charge in [0.15, 0.2) is 15.2 Å². The van der Waals surface area contributed by atoms with E-state index in [9.17, 15) is 18.0 Å². The van der Waals surface area contributed by atoms with E-state index in [4.69, 9.17) is 4.74 Å². The number of hydrogen-bond acceptors (Lipinski definition) is 5. The average Bonchev–Trinajstić information content (AvgIpc) is 3.21. The average molecular weight is 490 g/mol. The van der Waals surface area contributed by atoms with Gasteiger partial charge in [0, 0.05) is 7.05 Å². The second-order valence-electron chi connectivity index (χ2n) is 8.32. The minimum absolute atomic E-state index is 0.0528. The van der Waals surface area contributed by atoms with Gasteiger partial charge in [-0.3, -0.25) is 19.2 Å². The van der Waals surface area contributed by atoms with Gasteiger partial charge in [0.2, 0.25) is 5.91 Å². The maximum atomic E-state index is 13.5. The van der Waals surface area contributed by atoms with Crippen molar-refractivity contribution < 1.29 is 17.9 Å². The Bertz CT molecular complexity index is 1560. The summed E-state index contributed by atoms with van der Waals surface area (Å²) in [5.74, 6) is -0.132. The predicted octanol–water partition coefficient (Wildman–Crippen LogP) is 3.74. The van der Waals surface area contributed by atoms with E-state index in [-0.39, 0.29) is 5.69 Å². The molecule has 1 amide bonds. The van der Waals surface area contributed by atoms with Gasteiger partial charge in [-0.2, -0.15) is 0 Å². The Morgan fingerprint density at radius 1 is 0.829 bits per heavy atom. The number of ether oxygens (including phenoxy) is 1. The quantitative estimate of drug-likeness (QED) is 0.426. The van der Waals surface area contributed by atoms with Crippen LogP contribution in [-0.4, -0.2) is 29.4 Å². The molecule has 0 N–H and O–H groups in total. The third kappa shape index (κ3) is 3.93. The van der Waals surface area contributed by atoms with Crippen LogP contribution in [0.1, 0.15) is 16.6 Å². The molecule has 1 aliphatic rings. The topological polar surface area (TPSA) is 90.6 Å². The summed E-state index contributed by atoms with van der Waals surface area (Å²) in [7, 11) is -2.18. The Kier molecular flexibility index (Phi) is 5.56. The molecule has 8 nitrogen and oxygen atoms in total. The fraction of sp³-hybridized carbons (Fsp3) is 0.154. The van der Waals surface area contributed by atoms with Crippen molar-refractivity contribution in [2.75, 3.05) is 10.7 Å². The van der Waals surface area contributed by atoms with Crippen molar-refractivity contribution >= 4 is 21.4 Å².